The molecule has 2 N–H and O–H groups in total. The van der Waals surface area contributed by atoms with E-state index in [1.54, 1.807) is 0 Å². The quantitative estimate of drug-likeness (QED) is 0.837. The lowest BCUT2D eigenvalue weighted by atomic mass is 10.0. The molecule has 88 valence electrons. The molecule has 0 bridgehead atoms. The Balaban J connectivity index is 2.46. The first-order valence-corrected chi connectivity index (χ1v) is 5.48. The third-order valence-corrected chi connectivity index (χ3v) is 3.18. The Morgan fingerprint density at radius 2 is 2.12 bits per heavy atom. The Labute approximate surface area is 94.0 Å². The SMILES string of the molecule is CC(C)N1Cc2c(F)cc(F)cc2C1CN. The van der Waals surface area contributed by atoms with E-state index in [9.17, 15) is 8.78 Å². The maximum atomic E-state index is 13.6. The van der Waals surface area contributed by atoms with Gasteiger partial charge in [0.1, 0.15) is 11.6 Å². The van der Waals surface area contributed by atoms with Crippen LogP contribution in [0, 0.1) is 11.6 Å². The molecule has 2 rings (SSSR count). The van der Waals surface area contributed by atoms with Crippen molar-refractivity contribution in [1.29, 1.82) is 0 Å². The molecule has 0 saturated carbocycles. The van der Waals surface area contributed by atoms with Crippen molar-refractivity contribution in [3.8, 4) is 0 Å². The normalized spacial score (nSPS) is 20.5. The Morgan fingerprint density at radius 3 is 2.69 bits per heavy atom. The minimum atomic E-state index is -0.527. The summed E-state index contributed by atoms with van der Waals surface area (Å²) in [5.74, 6) is -0.989. The highest BCUT2D eigenvalue weighted by Gasteiger charge is 2.33. The number of hydrogen-bond acceptors (Lipinski definition) is 2. The zero-order valence-electron chi connectivity index (χ0n) is 9.50. The second-order valence-corrected chi connectivity index (χ2v) is 4.47. The van der Waals surface area contributed by atoms with Gasteiger partial charge in [-0.1, -0.05) is 0 Å². The zero-order chi connectivity index (χ0) is 11.9. The highest BCUT2D eigenvalue weighted by molar-refractivity contribution is 5.36. The lowest BCUT2D eigenvalue weighted by molar-refractivity contribution is 0.171. The molecule has 1 aromatic carbocycles. The van der Waals surface area contributed by atoms with Gasteiger partial charge < -0.3 is 5.73 Å². The molecule has 0 aliphatic carbocycles. The summed E-state index contributed by atoms with van der Waals surface area (Å²) in [5.41, 5.74) is 6.98. The summed E-state index contributed by atoms with van der Waals surface area (Å²) in [6, 6.07) is 2.54. The summed E-state index contributed by atoms with van der Waals surface area (Å²) in [6.07, 6.45) is 0. The molecule has 0 spiro atoms. The predicted octanol–water partition coefficient (Wildman–Crippen LogP) is 2.19. The molecule has 1 aliphatic heterocycles. The minimum Gasteiger partial charge on any atom is -0.329 e. The summed E-state index contributed by atoms with van der Waals surface area (Å²) < 4.78 is 26.8. The maximum absolute atomic E-state index is 13.6. The lowest BCUT2D eigenvalue weighted by Gasteiger charge is -2.27. The Hall–Kier alpha value is -1.00. The summed E-state index contributed by atoms with van der Waals surface area (Å²) >= 11 is 0. The average Bonchev–Trinajstić information content (AvgIpc) is 2.56. The first-order chi connectivity index (χ1) is 7.54. The summed E-state index contributed by atoms with van der Waals surface area (Å²) in [5, 5.41) is 0. The van der Waals surface area contributed by atoms with Crippen molar-refractivity contribution in [2.45, 2.75) is 32.5 Å². The molecule has 2 nitrogen and oxygen atoms in total. The van der Waals surface area contributed by atoms with Gasteiger partial charge in [-0.3, -0.25) is 4.90 Å². The van der Waals surface area contributed by atoms with E-state index in [1.807, 2.05) is 13.8 Å². The van der Waals surface area contributed by atoms with Crippen molar-refractivity contribution in [3.05, 3.63) is 34.9 Å². The molecule has 1 atom stereocenters. The summed E-state index contributed by atoms with van der Waals surface area (Å²) in [6.45, 7) is 4.96. The van der Waals surface area contributed by atoms with E-state index >= 15 is 0 Å². The molecule has 4 heteroatoms. The molecule has 0 saturated heterocycles. The molecule has 0 radical (unpaired) electrons. The minimum absolute atomic E-state index is 0.0693. The van der Waals surface area contributed by atoms with Gasteiger partial charge in [0.15, 0.2) is 0 Å². The van der Waals surface area contributed by atoms with Crippen LogP contribution in [0.4, 0.5) is 8.78 Å². The molecule has 1 unspecified atom stereocenters. The first kappa shape index (κ1) is 11.5. The number of benzene rings is 1. The highest BCUT2D eigenvalue weighted by Crippen LogP contribution is 2.36. The third-order valence-electron chi connectivity index (χ3n) is 3.18. The molecule has 0 amide bonds. The lowest BCUT2D eigenvalue weighted by Crippen LogP contribution is -2.33. The van der Waals surface area contributed by atoms with Gasteiger partial charge in [-0.25, -0.2) is 8.78 Å². The van der Waals surface area contributed by atoms with Crippen molar-refractivity contribution < 1.29 is 8.78 Å². The molecule has 16 heavy (non-hydrogen) atoms. The summed E-state index contributed by atoms with van der Waals surface area (Å²) in [4.78, 5) is 2.09. The van der Waals surface area contributed by atoms with E-state index in [0.29, 0.717) is 24.2 Å². The fourth-order valence-corrected chi connectivity index (χ4v) is 2.36. The van der Waals surface area contributed by atoms with Gasteiger partial charge in [0.25, 0.3) is 0 Å². The molecule has 0 aromatic heterocycles. The van der Waals surface area contributed by atoms with Crippen LogP contribution < -0.4 is 5.73 Å². The Kier molecular flexibility index (Phi) is 2.95. The van der Waals surface area contributed by atoms with Gasteiger partial charge in [-0.15, -0.1) is 0 Å². The second-order valence-electron chi connectivity index (χ2n) is 4.47. The van der Waals surface area contributed by atoms with Crippen LogP contribution in [0.1, 0.15) is 31.0 Å². The van der Waals surface area contributed by atoms with Crippen molar-refractivity contribution in [1.82, 2.24) is 4.90 Å². The fraction of sp³-hybridized carbons (Fsp3) is 0.500. The third kappa shape index (κ3) is 1.72. The van der Waals surface area contributed by atoms with Gasteiger partial charge in [-0.05, 0) is 25.5 Å². The van der Waals surface area contributed by atoms with Gasteiger partial charge in [-0.2, -0.15) is 0 Å². The van der Waals surface area contributed by atoms with Crippen molar-refractivity contribution in [2.24, 2.45) is 5.73 Å². The number of halogens is 2. The van der Waals surface area contributed by atoms with Crippen molar-refractivity contribution >= 4 is 0 Å². The van der Waals surface area contributed by atoms with Crippen LogP contribution in [0.3, 0.4) is 0 Å². The number of nitrogens with zero attached hydrogens (tertiary/aromatic N) is 1. The van der Waals surface area contributed by atoms with Crippen LogP contribution in [-0.4, -0.2) is 17.5 Å². The van der Waals surface area contributed by atoms with Crippen LogP contribution in [0.5, 0.6) is 0 Å². The smallest absolute Gasteiger partial charge is 0.130 e. The molecular weight excluding hydrogens is 210 g/mol. The molecule has 1 heterocycles. The maximum Gasteiger partial charge on any atom is 0.130 e. The number of hydrogen-bond donors (Lipinski definition) is 1. The molecule has 0 fully saturated rings. The van der Waals surface area contributed by atoms with Crippen molar-refractivity contribution in [2.75, 3.05) is 6.54 Å². The van der Waals surface area contributed by atoms with Crippen LogP contribution in [-0.2, 0) is 6.54 Å². The van der Waals surface area contributed by atoms with E-state index in [-0.39, 0.29) is 12.1 Å². The fourth-order valence-electron chi connectivity index (χ4n) is 2.36. The summed E-state index contributed by atoms with van der Waals surface area (Å²) in [7, 11) is 0. The van der Waals surface area contributed by atoms with E-state index in [1.165, 1.54) is 6.07 Å². The van der Waals surface area contributed by atoms with E-state index in [0.717, 1.165) is 6.07 Å². The monoisotopic (exact) mass is 226 g/mol. The largest absolute Gasteiger partial charge is 0.329 e. The highest BCUT2D eigenvalue weighted by atomic mass is 19.1. The number of nitrogens with two attached hydrogens (primary N) is 1. The Bertz CT molecular complexity index is 404. The van der Waals surface area contributed by atoms with Gasteiger partial charge in [0, 0.05) is 36.8 Å². The number of fused-ring (bicyclic) bond motifs is 1. The molecular formula is C12H16F2N2. The predicted molar refractivity (Wildman–Crippen MR) is 58.8 cm³/mol. The van der Waals surface area contributed by atoms with E-state index in [2.05, 4.69) is 4.90 Å². The zero-order valence-corrected chi connectivity index (χ0v) is 9.50. The Morgan fingerprint density at radius 1 is 1.44 bits per heavy atom. The van der Waals surface area contributed by atoms with Crippen LogP contribution in [0.2, 0.25) is 0 Å². The van der Waals surface area contributed by atoms with Crippen LogP contribution >= 0.6 is 0 Å². The van der Waals surface area contributed by atoms with E-state index < -0.39 is 11.6 Å². The molecule has 1 aliphatic rings. The van der Waals surface area contributed by atoms with E-state index in [4.69, 9.17) is 5.73 Å². The molecule has 1 aromatic rings. The topological polar surface area (TPSA) is 29.3 Å². The van der Waals surface area contributed by atoms with Gasteiger partial charge in [0.05, 0.1) is 0 Å². The van der Waals surface area contributed by atoms with Crippen LogP contribution in [0.15, 0.2) is 12.1 Å². The number of rotatable bonds is 2. The second kappa shape index (κ2) is 4.11. The van der Waals surface area contributed by atoms with Crippen LogP contribution in [0.25, 0.3) is 0 Å². The first-order valence-electron chi connectivity index (χ1n) is 5.48. The van der Waals surface area contributed by atoms with Gasteiger partial charge >= 0.3 is 0 Å². The van der Waals surface area contributed by atoms with Crippen molar-refractivity contribution in [3.63, 3.8) is 0 Å². The van der Waals surface area contributed by atoms with Gasteiger partial charge in [0.2, 0.25) is 0 Å². The standard InChI is InChI=1S/C12H16F2N2/c1-7(2)16-6-10-9(12(16)5-15)3-8(13)4-11(10)14/h3-4,7,12H,5-6,15H2,1-2H3. The average molecular weight is 226 g/mol.